The van der Waals surface area contributed by atoms with Gasteiger partial charge in [-0.15, -0.1) is 0 Å². The number of fused-ring (bicyclic) bond motifs is 8. The van der Waals surface area contributed by atoms with Crippen molar-refractivity contribution in [2.75, 3.05) is 0 Å². The molecule has 0 saturated heterocycles. The molecule has 0 aliphatic heterocycles. The minimum Gasteiger partial charge on any atom is -0.455 e. The van der Waals surface area contributed by atoms with E-state index in [0.29, 0.717) is 0 Å². The van der Waals surface area contributed by atoms with Crippen LogP contribution in [-0.2, 0) is 0 Å². The highest BCUT2D eigenvalue weighted by molar-refractivity contribution is 6.38. The van der Waals surface area contributed by atoms with E-state index in [1.807, 2.05) is 0 Å². The van der Waals surface area contributed by atoms with Gasteiger partial charge < -0.3 is 8.83 Å². The third kappa shape index (κ3) is 4.66. The van der Waals surface area contributed by atoms with Crippen LogP contribution >= 0.6 is 0 Å². The summed E-state index contributed by atoms with van der Waals surface area (Å²) in [4.78, 5) is 0. The predicted octanol–water partition coefficient (Wildman–Crippen LogP) is 16.3. The molecule has 0 N–H and O–H groups in total. The third-order valence-electron chi connectivity index (χ3n) is 12.7. The van der Waals surface area contributed by atoms with Gasteiger partial charge in [0.25, 0.3) is 0 Å². The largest absolute Gasteiger partial charge is 0.455 e. The monoisotopic (exact) mass is 742 g/mol. The molecule has 0 saturated carbocycles. The van der Waals surface area contributed by atoms with Crippen LogP contribution in [0, 0.1) is 27.7 Å². The highest BCUT2D eigenvalue weighted by atomic mass is 16.3. The molecule has 0 radical (unpaired) electrons. The first-order valence-electron chi connectivity index (χ1n) is 20.2. The summed E-state index contributed by atoms with van der Waals surface area (Å²) in [5.41, 5.74) is 18.2. The van der Waals surface area contributed by atoms with Crippen molar-refractivity contribution in [3.8, 4) is 44.5 Å². The maximum Gasteiger partial charge on any atom is 0.143 e. The molecular weight excluding hydrogens is 705 g/mol. The van der Waals surface area contributed by atoms with E-state index in [1.54, 1.807) is 0 Å². The van der Waals surface area contributed by atoms with E-state index in [2.05, 4.69) is 185 Å². The molecule has 10 aromatic carbocycles. The molecule has 2 nitrogen and oxygen atoms in total. The fraction of sp³-hybridized carbons (Fsp3) is 0.0714. The molecule has 0 fully saturated rings. The normalized spacial score (nSPS) is 12.1. The van der Waals surface area contributed by atoms with E-state index < -0.39 is 0 Å². The van der Waals surface area contributed by atoms with Gasteiger partial charge in [-0.25, -0.2) is 0 Å². The zero-order valence-corrected chi connectivity index (χ0v) is 32.8. The smallest absolute Gasteiger partial charge is 0.143 e. The summed E-state index contributed by atoms with van der Waals surface area (Å²) < 4.78 is 14.2. The average Bonchev–Trinajstić information content (AvgIpc) is 3.81. The van der Waals surface area contributed by atoms with Crippen LogP contribution in [0.4, 0.5) is 0 Å². The molecule has 0 spiro atoms. The SMILES string of the molecule is Cc1cccc(C)c1-c1cc2c3oc4cc(-c5ccccc5)ccc4c3cc3c(-c4c(C)cccc4C)cc4c5oc6cc(-c7ccccc7)ccc6c5cc1c4c32. The lowest BCUT2D eigenvalue weighted by Gasteiger charge is -2.21. The van der Waals surface area contributed by atoms with E-state index in [9.17, 15) is 0 Å². The van der Waals surface area contributed by atoms with E-state index in [-0.39, 0.29) is 0 Å². The van der Waals surface area contributed by atoms with Crippen LogP contribution in [0.5, 0.6) is 0 Å². The van der Waals surface area contributed by atoms with Crippen LogP contribution in [0.3, 0.4) is 0 Å². The summed E-state index contributed by atoms with van der Waals surface area (Å²) in [5.74, 6) is 0. The van der Waals surface area contributed by atoms with E-state index in [1.165, 1.54) is 77.2 Å². The lowest BCUT2D eigenvalue weighted by molar-refractivity contribution is 0.672. The molecule has 2 heteroatoms. The summed E-state index contributed by atoms with van der Waals surface area (Å²) in [7, 11) is 0. The first-order chi connectivity index (χ1) is 28.4. The van der Waals surface area contributed by atoms with Crippen molar-refractivity contribution in [2.24, 2.45) is 0 Å². The van der Waals surface area contributed by atoms with Crippen LogP contribution < -0.4 is 0 Å². The molecule has 0 aliphatic carbocycles. The van der Waals surface area contributed by atoms with Crippen molar-refractivity contribution in [3.63, 3.8) is 0 Å². The van der Waals surface area contributed by atoms with Gasteiger partial charge in [-0.3, -0.25) is 0 Å². The fourth-order valence-corrected chi connectivity index (χ4v) is 10.1. The summed E-state index contributed by atoms with van der Waals surface area (Å²) in [5, 5.41) is 11.6. The Labute approximate surface area is 335 Å². The van der Waals surface area contributed by atoms with Crippen molar-refractivity contribution in [1.29, 1.82) is 0 Å². The van der Waals surface area contributed by atoms with E-state index in [4.69, 9.17) is 8.83 Å². The highest BCUT2D eigenvalue weighted by Crippen LogP contribution is 2.52. The van der Waals surface area contributed by atoms with Gasteiger partial charge in [-0.1, -0.05) is 109 Å². The van der Waals surface area contributed by atoms with Gasteiger partial charge in [0.1, 0.15) is 22.3 Å². The molecule has 0 bridgehead atoms. The van der Waals surface area contributed by atoms with Gasteiger partial charge in [-0.2, -0.15) is 0 Å². The minimum absolute atomic E-state index is 0.891. The Morgan fingerprint density at radius 1 is 0.293 bits per heavy atom. The molecule has 0 aliphatic rings. The summed E-state index contributed by atoms with van der Waals surface area (Å²) in [6, 6.07) is 57.4. The Kier molecular flexibility index (Phi) is 6.93. The van der Waals surface area contributed by atoms with Crippen LogP contribution in [0.1, 0.15) is 22.3 Å². The lowest BCUT2D eigenvalue weighted by Crippen LogP contribution is -1.96. The van der Waals surface area contributed by atoms with Crippen LogP contribution in [0.25, 0.3) is 121 Å². The predicted molar refractivity (Wildman–Crippen MR) is 245 cm³/mol. The van der Waals surface area contributed by atoms with Gasteiger partial charge in [-0.05, 0) is 154 Å². The molecule has 58 heavy (non-hydrogen) atoms. The molecule has 12 aromatic rings. The molecule has 0 unspecified atom stereocenters. The maximum atomic E-state index is 7.08. The van der Waals surface area contributed by atoms with Gasteiger partial charge in [0.15, 0.2) is 0 Å². The second-order valence-corrected chi connectivity index (χ2v) is 16.2. The second kappa shape index (κ2) is 12.2. The zero-order chi connectivity index (χ0) is 38.8. The Morgan fingerprint density at radius 3 is 1.09 bits per heavy atom. The number of aryl methyl sites for hydroxylation is 4. The van der Waals surface area contributed by atoms with Gasteiger partial charge in [0.2, 0.25) is 0 Å². The zero-order valence-electron chi connectivity index (χ0n) is 32.8. The Balaban J connectivity index is 1.29. The summed E-state index contributed by atoms with van der Waals surface area (Å²) in [6.45, 7) is 8.94. The fourth-order valence-electron chi connectivity index (χ4n) is 10.1. The van der Waals surface area contributed by atoms with Crippen LogP contribution in [0.15, 0.2) is 167 Å². The van der Waals surface area contributed by atoms with Gasteiger partial charge >= 0.3 is 0 Å². The van der Waals surface area contributed by atoms with Gasteiger partial charge in [0.05, 0.1) is 0 Å². The van der Waals surface area contributed by atoms with Crippen LogP contribution in [0.2, 0.25) is 0 Å². The summed E-state index contributed by atoms with van der Waals surface area (Å²) >= 11 is 0. The quantitative estimate of drug-likeness (QED) is 0.168. The maximum absolute atomic E-state index is 7.08. The number of rotatable bonds is 4. The molecule has 2 aromatic heterocycles. The average molecular weight is 743 g/mol. The molecule has 274 valence electrons. The van der Waals surface area contributed by atoms with Crippen molar-refractivity contribution in [3.05, 3.63) is 180 Å². The van der Waals surface area contributed by atoms with E-state index in [0.717, 1.165) is 65.8 Å². The van der Waals surface area contributed by atoms with Crippen molar-refractivity contribution < 1.29 is 8.83 Å². The number of benzene rings is 10. The van der Waals surface area contributed by atoms with E-state index >= 15 is 0 Å². The highest BCUT2D eigenvalue weighted by Gasteiger charge is 2.26. The number of furan rings is 2. The van der Waals surface area contributed by atoms with Crippen LogP contribution in [-0.4, -0.2) is 0 Å². The topological polar surface area (TPSA) is 26.3 Å². The van der Waals surface area contributed by atoms with Gasteiger partial charge in [0, 0.05) is 43.1 Å². The molecule has 0 amide bonds. The molecular formula is C56H38O2. The first-order valence-corrected chi connectivity index (χ1v) is 20.2. The van der Waals surface area contributed by atoms with Crippen molar-refractivity contribution in [2.45, 2.75) is 27.7 Å². The summed E-state index contributed by atoms with van der Waals surface area (Å²) in [6.07, 6.45) is 0. The Bertz CT molecular complexity index is 3350. The molecule has 0 atom stereocenters. The lowest BCUT2D eigenvalue weighted by atomic mass is 9.81. The Hall–Kier alpha value is -7.16. The van der Waals surface area contributed by atoms with Crippen molar-refractivity contribution in [1.82, 2.24) is 0 Å². The minimum atomic E-state index is 0.891. The standard InChI is InChI=1S/C56H38O2/c1-31-13-11-14-32(2)51(31)41-29-47-54-44(28-46-40-24-22-38(26-50(40)57-55(46)47)36-19-9-6-10-20-36)42(52-33(3)15-12-16-34(52)4)30-48-53(54)43(41)27-45-39-23-21-37(25-49(39)58-56(45)48)35-17-7-5-8-18-35/h5-30H,1-4H3. The van der Waals surface area contributed by atoms with Crippen molar-refractivity contribution >= 4 is 76.2 Å². The number of hydrogen-bond donors (Lipinski definition) is 0. The first kappa shape index (κ1) is 33.0. The second-order valence-electron chi connectivity index (χ2n) is 16.2. The molecule has 12 rings (SSSR count). The third-order valence-corrected chi connectivity index (χ3v) is 12.7. The number of hydrogen-bond acceptors (Lipinski definition) is 2. The Morgan fingerprint density at radius 2 is 0.690 bits per heavy atom. The molecule has 2 heterocycles.